The number of carbonyl (C=O) groups is 3. The van der Waals surface area contributed by atoms with E-state index in [9.17, 15) is 18.8 Å². The van der Waals surface area contributed by atoms with Crippen LogP contribution in [0.15, 0.2) is 67.4 Å². The fraction of sp³-hybridized carbons (Fsp3) is 0.185. The van der Waals surface area contributed by atoms with Crippen LogP contribution in [0.5, 0.6) is 0 Å². The van der Waals surface area contributed by atoms with E-state index < -0.39 is 5.91 Å². The minimum absolute atomic E-state index is 0.102. The first-order valence-electron chi connectivity index (χ1n) is 11.9. The molecule has 0 aliphatic carbocycles. The first-order chi connectivity index (χ1) is 18.3. The zero-order valence-corrected chi connectivity index (χ0v) is 21.3. The third-order valence-electron chi connectivity index (χ3n) is 6.25. The lowest BCUT2D eigenvalue weighted by Gasteiger charge is -2.32. The number of halogens is 1. The van der Waals surface area contributed by atoms with Gasteiger partial charge in [-0.3, -0.25) is 19.1 Å². The minimum atomic E-state index is -0.427. The maximum Gasteiger partial charge on any atom is 0.277 e. The molecule has 194 valence electrons. The number of hydrogen-bond acceptors (Lipinski definition) is 5. The van der Waals surface area contributed by atoms with Gasteiger partial charge in [-0.05, 0) is 48.0 Å². The Hall–Kier alpha value is -4.51. The molecule has 1 unspecified atom stereocenters. The molecule has 11 heteroatoms. The molecule has 0 saturated heterocycles. The Bertz CT molecular complexity index is 1510. The number of rotatable bonds is 7. The molecular formula is C27H25FN6O3S. The summed E-state index contributed by atoms with van der Waals surface area (Å²) in [7, 11) is 0. The van der Waals surface area contributed by atoms with Gasteiger partial charge in [-0.15, -0.1) is 11.3 Å². The van der Waals surface area contributed by atoms with E-state index in [4.69, 9.17) is 0 Å². The SMILES string of the molecule is C=CC(=O)Nc1ccc(NC(=O)c2nn(Cc3ccc(F)cc3)c3c2CN(C(=O)c2ccc[nH]2)CC3C)s1. The second kappa shape index (κ2) is 10.5. The van der Waals surface area contributed by atoms with Crippen LogP contribution < -0.4 is 10.6 Å². The average molecular weight is 533 g/mol. The van der Waals surface area contributed by atoms with Gasteiger partial charge in [0.05, 0.1) is 23.1 Å². The van der Waals surface area contributed by atoms with Gasteiger partial charge in [-0.1, -0.05) is 25.6 Å². The number of nitrogens with zero attached hydrogens (tertiary/aromatic N) is 3. The van der Waals surface area contributed by atoms with E-state index in [2.05, 4.69) is 27.3 Å². The van der Waals surface area contributed by atoms with Crippen molar-refractivity contribution in [3.05, 3.63) is 101 Å². The van der Waals surface area contributed by atoms with Crippen molar-refractivity contribution >= 4 is 39.1 Å². The standard InChI is InChI=1S/C27H25FN6O3S/c1-3-21(35)30-22-10-11-23(38-22)31-26(36)24-19-15-33(27(37)20-5-4-12-29-20)13-16(2)25(19)34(32-24)14-17-6-8-18(28)9-7-17/h3-12,16,29H,1,13-15H2,2H3,(H,30,35)(H,31,36). The average Bonchev–Trinajstić information content (AvgIpc) is 3.66. The number of anilines is 2. The second-order valence-electron chi connectivity index (χ2n) is 8.98. The normalized spacial score (nSPS) is 14.6. The molecule has 3 aromatic heterocycles. The number of thiophene rings is 1. The first kappa shape index (κ1) is 25.2. The van der Waals surface area contributed by atoms with Crippen LogP contribution in [-0.2, 0) is 17.9 Å². The van der Waals surface area contributed by atoms with Gasteiger partial charge in [0.2, 0.25) is 5.91 Å². The van der Waals surface area contributed by atoms with Crippen LogP contribution in [-0.4, -0.2) is 43.9 Å². The van der Waals surface area contributed by atoms with Crippen LogP contribution in [0.1, 0.15) is 50.6 Å². The monoisotopic (exact) mass is 532 g/mol. The molecule has 0 fully saturated rings. The van der Waals surface area contributed by atoms with Crippen LogP contribution >= 0.6 is 11.3 Å². The van der Waals surface area contributed by atoms with Crippen LogP contribution in [0.2, 0.25) is 0 Å². The molecule has 3 amide bonds. The Morgan fingerprint density at radius 1 is 1.16 bits per heavy atom. The summed E-state index contributed by atoms with van der Waals surface area (Å²) in [6.07, 6.45) is 2.86. The van der Waals surface area contributed by atoms with Crippen molar-refractivity contribution in [2.45, 2.75) is 25.9 Å². The number of nitrogens with one attached hydrogen (secondary N) is 3. The highest BCUT2D eigenvalue weighted by Crippen LogP contribution is 2.33. The Labute approximate surface area is 222 Å². The molecule has 1 aliphatic rings. The molecule has 0 spiro atoms. The maximum atomic E-state index is 13.5. The summed E-state index contributed by atoms with van der Waals surface area (Å²) in [6, 6.07) is 13.0. The van der Waals surface area contributed by atoms with Crippen LogP contribution in [0.4, 0.5) is 14.4 Å². The summed E-state index contributed by atoms with van der Waals surface area (Å²) in [4.78, 5) is 42.8. The van der Waals surface area contributed by atoms with Crippen molar-refractivity contribution in [2.75, 3.05) is 17.2 Å². The smallest absolute Gasteiger partial charge is 0.277 e. The zero-order chi connectivity index (χ0) is 26.8. The Morgan fingerprint density at radius 3 is 2.58 bits per heavy atom. The molecule has 5 rings (SSSR count). The summed E-state index contributed by atoms with van der Waals surface area (Å²) >= 11 is 1.20. The molecule has 0 radical (unpaired) electrons. The molecular weight excluding hydrogens is 507 g/mol. The third kappa shape index (κ3) is 5.14. The van der Waals surface area contributed by atoms with Gasteiger partial charge in [0.1, 0.15) is 11.5 Å². The predicted octanol–water partition coefficient (Wildman–Crippen LogP) is 4.60. The largest absolute Gasteiger partial charge is 0.357 e. The van der Waals surface area contributed by atoms with Gasteiger partial charge in [-0.2, -0.15) is 5.10 Å². The number of hydrogen-bond donors (Lipinski definition) is 3. The van der Waals surface area contributed by atoms with Gasteiger partial charge in [0.25, 0.3) is 11.8 Å². The maximum absolute atomic E-state index is 13.5. The molecule has 4 heterocycles. The molecule has 1 aliphatic heterocycles. The molecule has 38 heavy (non-hydrogen) atoms. The van der Waals surface area contributed by atoms with E-state index >= 15 is 0 Å². The lowest BCUT2D eigenvalue weighted by Crippen LogP contribution is -2.38. The Balaban J connectivity index is 1.47. The highest BCUT2D eigenvalue weighted by molar-refractivity contribution is 7.20. The predicted molar refractivity (Wildman–Crippen MR) is 143 cm³/mol. The lowest BCUT2D eigenvalue weighted by molar-refractivity contribution is -0.111. The van der Waals surface area contributed by atoms with Crippen LogP contribution in [0.3, 0.4) is 0 Å². The molecule has 0 bridgehead atoms. The van der Waals surface area contributed by atoms with Gasteiger partial charge in [-0.25, -0.2) is 4.39 Å². The summed E-state index contributed by atoms with van der Waals surface area (Å²) in [5, 5.41) is 11.3. The van der Waals surface area contributed by atoms with Crippen molar-refractivity contribution in [1.82, 2.24) is 19.7 Å². The van der Waals surface area contributed by atoms with E-state index in [1.165, 1.54) is 29.5 Å². The highest BCUT2D eigenvalue weighted by atomic mass is 32.1. The van der Waals surface area contributed by atoms with Crippen molar-refractivity contribution < 1.29 is 18.8 Å². The zero-order valence-electron chi connectivity index (χ0n) is 20.5. The lowest BCUT2D eigenvalue weighted by atomic mass is 9.95. The van der Waals surface area contributed by atoms with E-state index in [1.807, 2.05) is 6.92 Å². The molecule has 3 N–H and O–H groups in total. The first-order valence-corrected chi connectivity index (χ1v) is 12.7. The second-order valence-corrected chi connectivity index (χ2v) is 10.1. The molecule has 1 aromatic carbocycles. The summed E-state index contributed by atoms with van der Waals surface area (Å²) in [5.74, 6) is -1.37. The van der Waals surface area contributed by atoms with Crippen molar-refractivity contribution in [2.24, 2.45) is 0 Å². The highest BCUT2D eigenvalue weighted by Gasteiger charge is 2.34. The van der Waals surface area contributed by atoms with Gasteiger partial charge < -0.3 is 20.5 Å². The van der Waals surface area contributed by atoms with E-state index in [1.54, 1.807) is 52.2 Å². The number of carbonyl (C=O) groups excluding carboxylic acids is 3. The minimum Gasteiger partial charge on any atom is -0.357 e. The molecule has 1 atom stereocenters. The van der Waals surface area contributed by atoms with Crippen molar-refractivity contribution in [3.63, 3.8) is 0 Å². The summed E-state index contributed by atoms with van der Waals surface area (Å²) in [5.41, 5.74) is 3.04. The van der Waals surface area contributed by atoms with E-state index in [0.717, 1.165) is 11.3 Å². The van der Waals surface area contributed by atoms with Gasteiger partial charge >= 0.3 is 0 Å². The molecule has 4 aromatic rings. The fourth-order valence-electron chi connectivity index (χ4n) is 4.56. The number of aromatic amines is 1. The van der Waals surface area contributed by atoms with Crippen molar-refractivity contribution in [1.29, 1.82) is 0 Å². The third-order valence-corrected chi connectivity index (χ3v) is 7.17. The quantitative estimate of drug-likeness (QED) is 0.302. The van der Waals surface area contributed by atoms with Gasteiger partial charge in [0.15, 0.2) is 5.69 Å². The number of H-pyrrole nitrogens is 1. The molecule has 0 saturated carbocycles. The topological polar surface area (TPSA) is 112 Å². The Kier molecular flexibility index (Phi) is 6.93. The Morgan fingerprint density at radius 2 is 1.89 bits per heavy atom. The van der Waals surface area contributed by atoms with E-state index in [-0.39, 0.29) is 35.8 Å². The number of benzene rings is 1. The molecule has 9 nitrogen and oxygen atoms in total. The van der Waals surface area contributed by atoms with E-state index in [0.29, 0.717) is 34.3 Å². The van der Waals surface area contributed by atoms with Crippen molar-refractivity contribution in [3.8, 4) is 0 Å². The van der Waals surface area contributed by atoms with Gasteiger partial charge in [0, 0.05) is 29.9 Å². The van der Waals surface area contributed by atoms with Crippen LogP contribution in [0.25, 0.3) is 0 Å². The summed E-state index contributed by atoms with van der Waals surface area (Å²) in [6.45, 7) is 6.45. The number of amides is 3. The fourth-order valence-corrected chi connectivity index (χ4v) is 5.37. The number of fused-ring (bicyclic) bond motifs is 1. The summed E-state index contributed by atoms with van der Waals surface area (Å²) < 4.78 is 15.2. The number of aromatic nitrogens is 3. The van der Waals surface area contributed by atoms with Crippen LogP contribution in [0, 0.1) is 5.82 Å².